The van der Waals surface area contributed by atoms with Crippen molar-refractivity contribution in [2.24, 2.45) is 0 Å². The van der Waals surface area contributed by atoms with E-state index in [0.717, 1.165) is 22.3 Å². The van der Waals surface area contributed by atoms with Gasteiger partial charge in [0.15, 0.2) is 0 Å². The molecule has 65 heavy (non-hydrogen) atoms. The molecule has 1 radical (unpaired) electrons. The van der Waals surface area contributed by atoms with Crippen molar-refractivity contribution < 1.29 is 60.6 Å². The van der Waals surface area contributed by atoms with Crippen LogP contribution in [0.25, 0.3) is 0 Å². The zero-order valence-electron chi connectivity index (χ0n) is 45.5. The molecule has 0 aromatic heterocycles. The van der Waals surface area contributed by atoms with Gasteiger partial charge in [0, 0.05) is 43.8 Å². The van der Waals surface area contributed by atoms with E-state index in [-0.39, 0.29) is 59.8 Å². The Labute approximate surface area is 427 Å². The van der Waals surface area contributed by atoms with Gasteiger partial charge in [-0.1, -0.05) is 219 Å². The fourth-order valence-electron chi connectivity index (χ4n) is 5.78. The van der Waals surface area contributed by atoms with Crippen molar-refractivity contribution in [3.8, 4) is 23.0 Å². The molecule has 0 amide bonds. The molecular formula is C56H92O6P2Y. The maximum absolute atomic E-state index is 10.5. The summed E-state index contributed by atoms with van der Waals surface area (Å²) in [4.78, 5) is 20.9. The van der Waals surface area contributed by atoms with Gasteiger partial charge in [0.25, 0.3) is 0 Å². The van der Waals surface area contributed by atoms with E-state index in [2.05, 4.69) is 183 Å². The first kappa shape index (κ1) is 65.0. The molecular weight excluding hydrogens is 919 g/mol. The van der Waals surface area contributed by atoms with Crippen LogP contribution >= 0.6 is 17.2 Å². The Morgan fingerprint density at radius 3 is 0.892 bits per heavy atom. The first-order valence-electron chi connectivity index (χ1n) is 23.4. The maximum Gasteiger partial charge on any atom is 0.460 e. The van der Waals surface area contributed by atoms with Crippen LogP contribution in [0.4, 0.5) is 0 Å². The first-order chi connectivity index (χ1) is 29.2. The zero-order valence-corrected chi connectivity index (χ0v) is 50.2. The van der Waals surface area contributed by atoms with Gasteiger partial charge in [-0.05, 0) is 99.9 Å². The summed E-state index contributed by atoms with van der Waals surface area (Å²) in [5, 5.41) is 0. The number of hydrogen-bond acceptors (Lipinski definition) is 6. The van der Waals surface area contributed by atoms with E-state index in [1.165, 1.54) is 41.5 Å². The molecule has 0 aliphatic carbocycles. The average molecular weight is 1010 g/mol. The quantitative estimate of drug-likeness (QED) is 0.171. The molecule has 0 fully saturated rings. The van der Waals surface area contributed by atoms with Crippen molar-refractivity contribution >= 4 is 17.2 Å². The molecule has 2 atom stereocenters. The van der Waals surface area contributed by atoms with Crippen LogP contribution in [-0.4, -0.2) is 9.79 Å². The van der Waals surface area contributed by atoms with Gasteiger partial charge in [-0.15, -0.1) is 0 Å². The predicted molar refractivity (Wildman–Crippen MR) is 282 cm³/mol. The van der Waals surface area contributed by atoms with Crippen molar-refractivity contribution in [3.05, 3.63) is 117 Å². The van der Waals surface area contributed by atoms with E-state index in [9.17, 15) is 9.79 Å². The predicted octanol–water partition coefficient (Wildman–Crippen LogP) is 18.4. The number of aryl methyl sites for hydroxylation is 3. The minimum Gasteiger partial charge on any atom is -0.418 e. The van der Waals surface area contributed by atoms with Crippen LogP contribution in [0.5, 0.6) is 23.0 Å². The fraction of sp³-hybridized carbons (Fsp3) is 0.571. The molecule has 0 bridgehead atoms. The second-order valence-electron chi connectivity index (χ2n) is 21.9. The molecule has 0 spiro atoms. The molecule has 0 saturated heterocycles. The van der Waals surface area contributed by atoms with Crippen LogP contribution in [0, 0.1) is 20.8 Å². The van der Waals surface area contributed by atoms with E-state index < -0.39 is 17.2 Å². The summed E-state index contributed by atoms with van der Waals surface area (Å²) >= 11 is 0. The molecule has 4 rings (SSSR count). The van der Waals surface area contributed by atoms with Gasteiger partial charge in [0.2, 0.25) is 0 Å². The van der Waals surface area contributed by atoms with Crippen LogP contribution in [-0.2, 0) is 59.8 Å². The van der Waals surface area contributed by atoms with Gasteiger partial charge in [0.05, 0.1) is 0 Å². The summed E-state index contributed by atoms with van der Waals surface area (Å²) in [6.07, 6.45) is 3.75. The van der Waals surface area contributed by atoms with E-state index in [1.807, 2.05) is 56.3 Å². The van der Waals surface area contributed by atoms with Crippen LogP contribution in [0.15, 0.2) is 72.8 Å². The zero-order chi connectivity index (χ0) is 50.0. The van der Waals surface area contributed by atoms with Crippen LogP contribution in [0.2, 0.25) is 0 Å². The molecule has 9 heteroatoms. The van der Waals surface area contributed by atoms with Crippen molar-refractivity contribution in [1.29, 1.82) is 0 Å². The Kier molecular flexibility index (Phi) is 29.1. The second-order valence-corrected chi connectivity index (χ2v) is 23.6. The minimum absolute atomic E-state index is 0. The Morgan fingerprint density at radius 1 is 0.369 bits per heavy atom. The summed E-state index contributed by atoms with van der Waals surface area (Å²) in [5.41, 5.74) is 8.97. The summed E-state index contributed by atoms with van der Waals surface area (Å²) in [6.45, 7) is 51.3. The molecule has 2 N–H and O–H groups in total. The van der Waals surface area contributed by atoms with Crippen LogP contribution < -0.4 is 18.1 Å². The number of rotatable bonds is 8. The largest absolute Gasteiger partial charge is 0.460 e. The van der Waals surface area contributed by atoms with E-state index >= 15 is 0 Å². The van der Waals surface area contributed by atoms with Gasteiger partial charge in [-0.3, -0.25) is 0 Å². The molecule has 365 valence electrons. The standard InChI is InChI=1S/C25H37O3P.C22H31O3P.3C3H8.Y/c1-17-15-18(23(2,3)4)11-13-21(17)27-29(26)28-22-14-12-19(24(5,6)7)16-20(22)25(8,9)10;1-15-9-11-20(18(13-15)22(6,7)8)25-26(23)24-19-12-10-17(14-16(19)2)21(3,4)5;3*1-3-2;/h11-16,26H,1-10H3;9-14,23H,1-8H3;3*3H2,1-2H3;. The summed E-state index contributed by atoms with van der Waals surface area (Å²) in [7, 11) is -4.15. The molecule has 0 aliphatic heterocycles. The molecule has 0 saturated carbocycles. The molecule has 0 aliphatic rings. The van der Waals surface area contributed by atoms with E-state index in [1.54, 1.807) is 0 Å². The number of benzene rings is 4. The molecule has 6 nitrogen and oxygen atoms in total. The Hall–Kier alpha value is -2.04. The fourth-order valence-corrected chi connectivity index (χ4v) is 7.26. The first-order valence-corrected chi connectivity index (χ1v) is 25.7. The summed E-state index contributed by atoms with van der Waals surface area (Å²) in [5.74, 6) is 2.63. The van der Waals surface area contributed by atoms with Crippen LogP contribution in [0.1, 0.15) is 209 Å². The van der Waals surface area contributed by atoms with Crippen molar-refractivity contribution in [3.63, 3.8) is 0 Å². The molecule has 4 aromatic rings. The van der Waals surface area contributed by atoms with E-state index in [4.69, 9.17) is 18.1 Å². The summed E-state index contributed by atoms with van der Waals surface area (Å²) < 4.78 is 23.2. The third-order valence-electron chi connectivity index (χ3n) is 9.38. The monoisotopic (exact) mass is 1010 g/mol. The third kappa shape index (κ3) is 24.2. The SMILES string of the molecule is CCC.CCC.CCC.Cc1cc(C(C)(C)C)ccc1OP(O)Oc1ccc(C(C)(C)C)cc1C(C)(C)C.Cc1ccc(OP(O)Oc2ccc(C(C)(C)C)cc2C)c(C(C)(C)C)c1.[Y]. The Bertz CT molecular complexity index is 1960. The Balaban J connectivity index is 0. The third-order valence-corrected chi connectivity index (χ3v) is 10.8. The average Bonchev–Trinajstić information content (AvgIpc) is 3.13. The van der Waals surface area contributed by atoms with Gasteiger partial charge >= 0.3 is 17.2 Å². The van der Waals surface area contributed by atoms with Gasteiger partial charge < -0.3 is 27.9 Å². The smallest absolute Gasteiger partial charge is 0.418 e. The number of hydrogen-bond donors (Lipinski definition) is 2. The summed E-state index contributed by atoms with van der Waals surface area (Å²) in [6, 6.07) is 24.3. The molecule has 4 aromatic carbocycles. The minimum atomic E-state index is -2.09. The van der Waals surface area contributed by atoms with Crippen LogP contribution in [0.3, 0.4) is 0 Å². The maximum atomic E-state index is 10.5. The molecule has 0 heterocycles. The van der Waals surface area contributed by atoms with Gasteiger partial charge in [-0.2, -0.15) is 0 Å². The Morgan fingerprint density at radius 2 is 0.615 bits per heavy atom. The molecule has 2 unspecified atom stereocenters. The topological polar surface area (TPSA) is 77.4 Å². The van der Waals surface area contributed by atoms with Gasteiger partial charge in [-0.25, -0.2) is 0 Å². The van der Waals surface area contributed by atoms with Crippen molar-refractivity contribution in [1.82, 2.24) is 0 Å². The normalized spacial score (nSPS) is 12.4. The van der Waals surface area contributed by atoms with E-state index in [0.29, 0.717) is 23.0 Å². The second kappa shape index (κ2) is 29.1. The van der Waals surface area contributed by atoms with Crippen molar-refractivity contribution in [2.75, 3.05) is 0 Å². The van der Waals surface area contributed by atoms with Crippen molar-refractivity contribution in [2.45, 2.75) is 213 Å². The van der Waals surface area contributed by atoms with Gasteiger partial charge in [0.1, 0.15) is 23.0 Å².